The van der Waals surface area contributed by atoms with Crippen LogP contribution in [0.25, 0.3) is 0 Å². The minimum absolute atomic E-state index is 0.212. The molecule has 0 saturated carbocycles. The molecule has 0 atom stereocenters. The van der Waals surface area contributed by atoms with Crippen LogP contribution in [0, 0.1) is 0 Å². The van der Waals surface area contributed by atoms with Crippen molar-refractivity contribution in [1.29, 1.82) is 0 Å². The summed E-state index contributed by atoms with van der Waals surface area (Å²) in [5, 5.41) is 1.33. The molecule has 1 saturated heterocycles. The Labute approximate surface area is 200 Å². The highest BCUT2D eigenvalue weighted by Crippen LogP contribution is 2.30. The predicted molar refractivity (Wildman–Crippen MR) is 131 cm³/mol. The van der Waals surface area contributed by atoms with Gasteiger partial charge in [0.2, 0.25) is 10.0 Å². The van der Waals surface area contributed by atoms with E-state index in [9.17, 15) is 8.42 Å². The van der Waals surface area contributed by atoms with E-state index in [-0.39, 0.29) is 11.4 Å². The quantitative estimate of drug-likeness (QED) is 0.453. The number of nitrogens with one attached hydrogen (secondary N) is 1. The summed E-state index contributed by atoms with van der Waals surface area (Å²) < 4.78 is 27.8. The van der Waals surface area contributed by atoms with Gasteiger partial charge in [0.1, 0.15) is 0 Å². The Morgan fingerprint density at radius 1 is 0.906 bits per heavy atom. The molecular formula is C25H26Cl2N2O2S. The van der Waals surface area contributed by atoms with Crippen LogP contribution in [0.5, 0.6) is 0 Å². The van der Waals surface area contributed by atoms with Crippen molar-refractivity contribution >= 4 is 33.2 Å². The summed E-state index contributed by atoms with van der Waals surface area (Å²) in [7, 11) is -3.58. The number of rotatable bonds is 7. The molecular weight excluding hydrogens is 463 g/mol. The summed E-state index contributed by atoms with van der Waals surface area (Å²) in [5.74, 6) is 0.477. The van der Waals surface area contributed by atoms with E-state index in [1.807, 2.05) is 30.3 Å². The Bertz CT molecular complexity index is 1160. The fraction of sp³-hybridized carbons (Fsp3) is 0.280. The first-order valence-corrected chi connectivity index (χ1v) is 12.9. The molecule has 1 fully saturated rings. The lowest BCUT2D eigenvalue weighted by Crippen LogP contribution is -2.32. The van der Waals surface area contributed by atoms with Gasteiger partial charge in [0, 0.05) is 23.1 Å². The predicted octanol–water partition coefficient (Wildman–Crippen LogP) is 5.85. The number of hydrogen-bond acceptors (Lipinski definition) is 3. The maximum absolute atomic E-state index is 12.5. The van der Waals surface area contributed by atoms with Crippen molar-refractivity contribution in [3.05, 3.63) is 99.5 Å². The first kappa shape index (κ1) is 23.3. The van der Waals surface area contributed by atoms with Crippen molar-refractivity contribution < 1.29 is 8.42 Å². The molecule has 1 N–H and O–H groups in total. The summed E-state index contributed by atoms with van der Waals surface area (Å²) in [5.41, 5.74) is 3.40. The third-order valence-corrected chi connectivity index (χ3v) is 7.99. The van der Waals surface area contributed by atoms with Crippen molar-refractivity contribution in [3.8, 4) is 0 Å². The topological polar surface area (TPSA) is 49.4 Å². The Balaban J connectivity index is 1.34. The van der Waals surface area contributed by atoms with Gasteiger partial charge in [-0.05, 0) is 78.9 Å². The van der Waals surface area contributed by atoms with E-state index in [1.54, 1.807) is 12.1 Å². The fourth-order valence-corrected chi connectivity index (χ4v) is 5.46. The van der Waals surface area contributed by atoms with Crippen LogP contribution in [0.1, 0.15) is 35.4 Å². The largest absolute Gasteiger partial charge is 0.299 e. The van der Waals surface area contributed by atoms with Crippen LogP contribution in [0.4, 0.5) is 0 Å². The monoisotopic (exact) mass is 488 g/mol. The first-order chi connectivity index (χ1) is 15.4. The number of sulfonamides is 1. The van der Waals surface area contributed by atoms with Gasteiger partial charge in [-0.3, -0.25) is 4.90 Å². The highest BCUT2D eigenvalue weighted by molar-refractivity contribution is 7.89. The fourth-order valence-electron chi connectivity index (χ4n) is 4.12. The molecule has 168 valence electrons. The number of likely N-dealkylation sites (tertiary alicyclic amines) is 1. The van der Waals surface area contributed by atoms with Gasteiger partial charge in [0.25, 0.3) is 0 Å². The highest BCUT2D eigenvalue weighted by Gasteiger charge is 2.21. The average molecular weight is 489 g/mol. The molecule has 1 heterocycles. The van der Waals surface area contributed by atoms with Gasteiger partial charge in [-0.1, -0.05) is 65.7 Å². The molecule has 1 aliphatic rings. The molecule has 0 radical (unpaired) electrons. The van der Waals surface area contributed by atoms with E-state index < -0.39 is 10.0 Å². The summed E-state index contributed by atoms with van der Waals surface area (Å²) >= 11 is 12.2. The van der Waals surface area contributed by atoms with Gasteiger partial charge in [0.05, 0.1) is 4.90 Å². The smallest absolute Gasteiger partial charge is 0.240 e. The summed E-state index contributed by atoms with van der Waals surface area (Å²) in [4.78, 5) is 2.66. The second-order valence-electron chi connectivity index (χ2n) is 8.17. The van der Waals surface area contributed by atoms with Crippen LogP contribution in [-0.4, -0.2) is 26.4 Å². The molecule has 0 spiro atoms. The molecule has 1 aliphatic heterocycles. The summed E-state index contributed by atoms with van der Waals surface area (Å²) in [6, 6.07) is 22.4. The zero-order valence-corrected chi connectivity index (χ0v) is 20.0. The molecule has 32 heavy (non-hydrogen) atoms. The van der Waals surface area contributed by atoms with Gasteiger partial charge >= 0.3 is 0 Å². The van der Waals surface area contributed by atoms with Crippen molar-refractivity contribution in [3.63, 3.8) is 0 Å². The number of piperidine rings is 1. The molecule has 3 aromatic rings. The zero-order chi connectivity index (χ0) is 22.6. The van der Waals surface area contributed by atoms with E-state index in [4.69, 9.17) is 23.2 Å². The molecule has 0 amide bonds. The Kier molecular flexibility index (Phi) is 7.54. The molecule has 0 bridgehead atoms. The number of halogens is 2. The Hall–Kier alpha value is -1.89. The van der Waals surface area contributed by atoms with E-state index >= 15 is 0 Å². The van der Waals surface area contributed by atoms with Crippen LogP contribution >= 0.6 is 23.2 Å². The molecule has 0 aliphatic carbocycles. The first-order valence-electron chi connectivity index (χ1n) is 10.7. The molecule has 4 rings (SSSR count). The highest BCUT2D eigenvalue weighted by atomic mass is 35.5. The lowest BCUT2D eigenvalue weighted by molar-refractivity contribution is 0.204. The standard InChI is InChI=1S/C25H26Cl2N2O2S/c26-23-8-10-24(11-9-23)32(30,31)28-17-19-4-3-6-21(16-19)20-12-14-29(15-13-20)18-22-5-1-2-7-25(22)27/h1-11,16,20,28H,12-15,17-18H2. The van der Waals surface area contributed by atoms with Gasteiger partial charge in [-0.2, -0.15) is 0 Å². The van der Waals surface area contributed by atoms with Crippen molar-refractivity contribution in [1.82, 2.24) is 9.62 Å². The molecule has 7 heteroatoms. The van der Waals surface area contributed by atoms with Gasteiger partial charge < -0.3 is 0 Å². The maximum atomic E-state index is 12.5. The van der Waals surface area contributed by atoms with E-state index in [1.165, 1.54) is 23.3 Å². The van der Waals surface area contributed by atoms with E-state index in [0.717, 1.165) is 43.1 Å². The van der Waals surface area contributed by atoms with Crippen molar-refractivity contribution in [2.75, 3.05) is 13.1 Å². The average Bonchev–Trinajstić information content (AvgIpc) is 2.80. The van der Waals surface area contributed by atoms with Crippen molar-refractivity contribution in [2.24, 2.45) is 0 Å². The zero-order valence-electron chi connectivity index (χ0n) is 17.7. The van der Waals surface area contributed by atoms with Gasteiger partial charge in [-0.15, -0.1) is 0 Å². The van der Waals surface area contributed by atoms with Crippen LogP contribution in [0.2, 0.25) is 10.0 Å². The maximum Gasteiger partial charge on any atom is 0.240 e. The van der Waals surface area contributed by atoms with Crippen LogP contribution in [-0.2, 0) is 23.1 Å². The van der Waals surface area contributed by atoms with E-state index in [2.05, 4.69) is 27.8 Å². The third-order valence-electron chi connectivity index (χ3n) is 5.95. The number of hydrogen-bond donors (Lipinski definition) is 1. The second kappa shape index (κ2) is 10.4. The molecule has 0 unspecified atom stereocenters. The SMILES string of the molecule is O=S(=O)(NCc1cccc(C2CCN(Cc3ccccc3Cl)CC2)c1)c1ccc(Cl)cc1. The number of nitrogens with zero attached hydrogens (tertiary/aromatic N) is 1. The summed E-state index contributed by atoms with van der Waals surface area (Å²) in [6.07, 6.45) is 2.15. The van der Waals surface area contributed by atoms with Gasteiger partial charge in [-0.25, -0.2) is 13.1 Å². The van der Waals surface area contributed by atoms with Gasteiger partial charge in [0.15, 0.2) is 0 Å². The summed E-state index contributed by atoms with van der Waals surface area (Å²) in [6.45, 7) is 3.16. The minimum atomic E-state index is -3.58. The number of benzene rings is 3. The van der Waals surface area contributed by atoms with Crippen LogP contribution < -0.4 is 4.72 Å². The lowest BCUT2D eigenvalue weighted by atomic mass is 9.88. The normalized spacial score (nSPS) is 15.7. The second-order valence-corrected chi connectivity index (χ2v) is 10.8. The Morgan fingerprint density at radius 2 is 1.62 bits per heavy atom. The minimum Gasteiger partial charge on any atom is -0.299 e. The Morgan fingerprint density at radius 3 is 2.34 bits per heavy atom. The van der Waals surface area contributed by atoms with Crippen LogP contribution in [0.3, 0.4) is 0 Å². The lowest BCUT2D eigenvalue weighted by Gasteiger charge is -2.32. The van der Waals surface area contributed by atoms with Crippen LogP contribution in [0.15, 0.2) is 77.7 Å². The van der Waals surface area contributed by atoms with E-state index in [0.29, 0.717) is 10.9 Å². The molecule has 4 nitrogen and oxygen atoms in total. The third kappa shape index (κ3) is 5.91. The molecule has 3 aromatic carbocycles. The molecule has 0 aromatic heterocycles. The van der Waals surface area contributed by atoms with Crippen molar-refractivity contribution in [2.45, 2.75) is 36.7 Å².